The molecule has 0 atom stereocenters. The van der Waals surface area contributed by atoms with E-state index in [-0.39, 0.29) is 5.91 Å². The SMILES string of the molecule is Cc1cccc(C)c1NC(=O)CCCCCCN. The molecule has 0 aliphatic carbocycles. The van der Waals surface area contributed by atoms with Crippen molar-refractivity contribution >= 4 is 11.6 Å². The Morgan fingerprint density at radius 1 is 1.11 bits per heavy atom. The molecule has 0 saturated heterocycles. The van der Waals surface area contributed by atoms with Gasteiger partial charge in [-0.15, -0.1) is 0 Å². The maximum atomic E-state index is 11.8. The number of unbranched alkanes of at least 4 members (excludes halogenated alkanes) is 3. The highest BCUT2D eigenvalue weighted by molar-refractivity contribution is 5.92. The highest BCUT2D eigenvalue weighted by Crippen LogP contribution is 2.19. The number of benzene rings is 1. The highest BCUT2D eigenvalue weighted by atomic mass is 16.1. The summed E-state index contributed by atoms with van der Waals surface area (Å²) in [6, 6.07) is 6.04. The van der Waals surface area contributed by atoms with E-state index in [1.807, 2.05) is 32.0 Å². The topological polar surface area (TPSA) is 55.1 Å². The van der Waals surface area contributed by atoms with Crippen molar-refractivity contribution in [2.24, 2.45) is 5.73 Å². The Morgan fingerprint density at radius 2 is 1.72 bits per heavy atom. The Kier molecular flexibility index (Phi) is 6.44. The summed E-state index contributed by atoms with van der Waals surface area (Å²) in [5.41, 5.74) is 8.62. The van der Waals surface area contributed by atoms with E-state index in [0.717, 1.165) is 49.0 Å². The number of carbonyl (C=O) groups excluding carboxylic acids is 1. The quantitative estimate of drug-likeness (QED) is 0.728. The Labute approximate surface area is 110 Å². The number of aryl methyl sites for hydroxylation is 2. The summed E-state index contributed by atoms with van der Waals surface area (Å²) in [6.45, 7) is 4.78. The molecule has 1 rings (SSSR count). The molecule has 0 aromatic heterocycles. The average Bonchev–Trinajstić information content (AvgIpc) is 2.34. The molecular weight excluding hydrogens is 224 g/mol. The molecule has 0 bridgehead atoms. The average molecular weight is 248 g/mol. The molecule has 3 heteroatoms. The van der Waals surface area contributed by atoms with Crippen molar-refractivity contribution < 1.29 is 4.79 Å². The maximum absolute atomic E-state index is 11.8. The summed E-state index contributed by atoms with van der Waals surface area (Å²) in [5, 5.41) is 3.01. The lowest BCUT2D eigenvalue weighted by Crippen LogP contribution is -2.13. The summed E-state index contributed by atoms with van der Waals surface area (Å²) in [6.07, 6.45) is 4.79. The fourth-order valence-corrected chi connectivity index (χ4v) is 2.00. The van der Waals surface area contributed by atoms with Crippen LogP contribution in [0.2, 0.25) is 0 Å². The van der Waals surface area contributed by atoms with Crippen LogP contribution < -0.4 is 11.1 Å². The van der Waals surface area contributed by atoms with Gasteiger partial charge in [0.2, 0.25) is 5.91 Å². The lowest BCUT2D eigenvalue weighted by Gasteiger charge is -2.11. The molecule has 18 heavy (non-hydrogen) atoms. The van der Waals surface area contributed by atoms with Crippen molar-refractivity contribution in [3.63, 3.8) is 0 Å². The van der Waals surface area contributed by atoms with Crippen LogP contribution in [-0.4, -0.2) is 12.5 Å². The summed E-state index contributed by atoms with van der Waals surface area (Å²) in [5.74, 6) is 0.111. The number of nitrogens with two attached hydrogens (primary N) is 1. The van der Waals surface area contributed by atoms with Gasteiger partial charge in [-0.1, -0.05) is 31.0 Å². The van der Waals surface area contributed by atoms with Gasteiger partial charge in [0.1, 0.15) is 0 Å². The van der Waals surface area contributed by atoms with Crippen molar-refractivity contribution in [2.75, 3.05) is 11.9 Å². The second-order valence-corrected chi connectivity index (χ2v) is 4.77. The van der Waals surface area contributed by atoms with E-state index in [0.29, 0.717) is 6.42 Å². The van der Waals surface area contributed by atoms with E-state index in [1.165, 1.54) is 0 Å². The minimum atomic E-state index is 0.111. The standard InChI is InChI=1S/C15H24N2O/c1-12-8-7-9-13(2)15(12)17-14(18)10-5-3-4-6-11-16/h7-9H,3-6,10-11,16H2,1-2H3,(H,17,18). The van der Waals surface area contributed by atoms with Crippen LogP contribution in [0.15, 0.2) is 18.2 Å². The van der Waals surface area contributed by atoms with Crippen molar-refractivity contribution in [3.05, 3.63) is 29.3 Å². The van der Waals surface area contributed by atoms with E-state index in [2.05, 4.69) is 5.32 Å². The molecule has 3 N–H and O–H groups in total. The molecule has 1 aromatic rings. The Hall–Kier alpha value is -1.35. The number of hydrogen-bond acceptors (Lipinski definition) is 2. The van der Waals surface area contributed by atoms with Crippen LogP contribution in [0.3, 0.4) is 0 Å². The van der Waals surface area contributed by atoms with Crippen LogP contribution in [0.4, 0.5) is 5.69 Å². The first-order valence-corrected chi connectivity index (χ1v) is 6.71. The molecule has 100 valence electrons. The van der Waals surface area contributed by atoms with Crippen LogP contribution >= 0.6 is 0 Å². The van der Waals surface area contributed by atoms with E-state index in [9.17, 15) is 4.79 Å². The van der Waals surface area contributed by atoms with E-state index in [4.69, 9.17) is 5.73 Å². The van der Waals surface area contributed by atoms with Gasteiger partial charge in [0.15, 0.2) is 0 Å². The minimum Gasteiger partial charge on any atom is -0.330 e. The zero-order valence-corrected chi connectivity index (χ0v) is 11.5. The monoisotopic (exact) mass is 248 g/mol. The van der Waals surface area contributed by atoms with Crippen molar-refractivity contribution in [1.29, 1.82) is 0 Å². The zero-order valence-electron chi connectivity index (χ0n) is 11.5. The number of rotatable bonds is 7. The van der Waals surface area contributed by atoms with Gasteiger partial charge >= 0.3 is 0 Å². The summed E-state index contributed by atoms with van der Waals surface area (Å²) < 4.78 is 0. The largest absolute Gasteiger partial charge is 0.330 e. The van der Waals surface area contributed by atoms with Gasteiger partial charge in [-0.25, -0.2) is 0 Å². The molecule has 0 fully saturated rings. The second-order valence-electron chi connectivity index (χ2n) is 4.77. The minimum absolute atomic E-state index is 0.111. The third-order valence-electron chi connectivity index (χ3n) is 3.10. The molecule has 0 radical (unpaired) electrons. The zero-order chi connectivity index (χ0) is 13.4. The summed E-state index contributed by atoms with van der Waals surface area (Å²) >= 11 is 0. The first-order chi connectivity index (χ1) is 8.65. The predicted molar refractivity (Wildman–Crippen MR) is 76.7 cm³/mol. The predicted octanol–water partition coefficient (Wildman–Crippen LogP) is 3.15. The highest BCUT2D eigenvalue weighted by Gasteiger charge is 2.06. The number of nitrogens with one attached hydrogen (secondary N) is 1. The van der Waals surface area contributed by atoms with Crippen molar-refractivity contribution in [1.82, 2.24) is 0 Å². The molecule has 1 amide bonds. The Balaban J connectivity index is 2.36. The molecule has 0 heterocycles. The molecular formula is C15H24N2O. The number of hydrogen-bond donors (Lipinski definition) is 2. The van der Waals surface area contributed by atoms with Gasteiger partial charge in [0.05, 0.1) is 0 Å². The van der Waals surface area contributed by atoms with Crippen molar-refractivity contribution in [3.8, 4) is 0 Å². The first-order valence-electron chi connectivity index (χ1n) is 6.71. The third-order valence-corrected chi connectivity index (χ3v) is 3.10. The van der Waals surface area contributed by atoms with Crippen LogP contribution in [0.25, 0.3) is 0 Å². The lowest BCUT2D eigenvalue weighted by atomic mass is 10.1. The smallest absolute Gasteiger partial charge is 0.224 e. The number of carbonyl (C=O) groups is 1. The number of amides is 1. The second kappa shape index (κ2) is 7.88. The maximum Gasteiger partial charge on any atom is 0.224 e. The number of para-hydroxylation sites is 1. The molecule has 0 aliphatic rings. The molecule has 0 aliphatic heterocycles. The van der Waals surface area contributed by atoms with Crippen LogP contribution in [0, 0.1) is 13.8 Å². The van der Waals surface area contributed by atoms with Gasteiger partial charge < -0.3 is 11.1 Å². The number of anilines is 1. The van der Waals surface area contributed by atoms with E-state index < -0.39 is 0 Å². The molecule has 0 spiro atoms. The van der Waals surface area contributed by atoms with E-state index in [1.54, 1.807) is 0 Å². The fourth-order valence-electron chi connectivity index (χ4n) is 2.00. The summed E-state index contributed by atoms with van der Waals surface area (Å²) in [7, 11) is 0. The van der Waals surface area contributed by atoms with Crippen LogP contribution in [-0.2, 0) is 4.79 Å². The first kappa shape index (κ1) is 14.7. The van der Waals surface area contributed by atoms with Gasteiger partial charge in [-0.2, -0.15) is 0 Å². The Morgan fingerprint density at radius 3 is 2.33 bits per heavy atom. The van der Waals surface area contributed by atoms with Gasteiger partial charge in [0, 0.05) is 12.1 Å². The summed E-state index contributed by atoms with van der Waals surface area (Å²) in [4.78, 5) is 11.8. The normalized spacial score (nSPS) is 10.4. The fraction of sp³-hybridized carbons (Fsp3) is 0.533. The van der Waals surface area contributed by atoms with Gasteiger partial charge in [-0.3, -0.25) is 4.79 Å². The molecule has 0 saturated carbocycles. The van der Waals surface area contributed by atoms with Gasteiger partial charge in [-0.05, 0) is 44.4 Å². The third kappa shape index (κ3) is 4.88. The van der Waals surface area contributed by atoms with Crippen LogP contribution in [0.5, 0.6) is 0 Å². The Bertz CT molecular complexity index is 368. The molecule has 3 nitrogen and oxygen atoms in total. The van der Waals surface area contributed by atoms with E-state index >= 15 is 0 Å². The van der Waals surface area contributed by atoms with Crippen LogP contribution in [0.1, 0.15) is 43.2 Å². The lowest BCUT2D eigenvalue weighted by molar-refractivity contribution is -0.116. The molecule has 1 aromatic carbocycles. The van der Waals surface area contributed by atoms with Gasteiger partial charge in [0.25, 0.3) is 0 Å². The van der Waals surface area contributed by atoms with Crippen molar-refractivity contribution in [2.45, 2.75) is 46.0 Å². The molecule has 0 unspecified atom stereocenters.